The van der Waals surface area contributed by atoms with Gasteiger partial charge in [-0.3, -0.25) is 0 Å². The van der Waals surface area contributed by atoms with Gasteiger partial charge in [0, 0.05) is 0 Å². The van der Waals surface area contributed by atoms with Crippen molar-refractivity contribution in [1.82, 2.24) is 0 Å². The third-order valence-corrected chi connectivity index (χ3v) is 5.00. The minimum Gasteiger partial charge on any atom is -0.494 e. The summed E-state index contributed by atoms with van der Waals surface area (Å²) in [4.78, 5) is 23.1. The lowest BCUT2D eigenvalue weighted by atomic mass is 9.94. The molecule has 0 heterocycles. The molecule has 0 aromatic heterocycles. The number of hydrogen-bond donors (Lipinski definition) is 0. The lowest BCUT2D eigenvalue weighted by Gasteiger charge is -2.17. The Hall–Kier alpha value is -2.76. The molecule has 2 rings (SSSR count). The Bertz CT molecular complexity index is 681. The molecule has 162 valence electrons. The Labute approximate surface area is 178 Å². The summed E-state index contributed by atoms with van der Waals surface area (Å²) >= 11 is 0. The van der Waals surface area contributed by atoms with Crippen LogP contribution in [0.3, 0.4) is 0 Å². The van der Waals surface area contributed by atoms with Crippen molar-refractivity contribution >= 4 is 0 Å². The molecule has 2 unspecified atom stereocenters. The molecule has 2 aromatic carbocycles. The van der Waals surface area contributed by atoms with E-state index in [1.165, 1.54) is 0 Å². The molecule has 6 nitrogen and oxygen atoms in total. The number of hydrogen-bond acceptors (Lipinski definition) is 6. The second kappa shape index (κ2) is 13.5. The van der Waals surface area contributed by atoms with Crippen LogP contribution in [0.25, 0.3) is 0 Å². The molecule has 0 aliphatic heterocycles. The van der Waals surface area contributed by atoms with Crippen LogP contribution in [0.15, 0.2) is 58.9 Å². The van der Waals surface area contributed by atoms with Gasteiger partial charge in [-0.25, -0.2) is 0 Å². The van der Waals surface area contributed by atoms with Gasteiger partial charge in [0.25, 0.3) is 0 Å². The molecule has 0 aliphatic carbocycles. The molecule has 2 aromatic rings. The molecular weight excluding hydrogens is 380 g/mol. The number of unbranched alkanes of at least 4 members (excludes halogenated alkanes) is 4. The summed E-state index contributed by atoms with van der Waals surface area (Å²) < 4.78 is 11.4. The molecule has 0 saturated carbocycles. The van der Waals surface area contributed by atoms with E-state index in [1.54, 1.807) is 48.5 Å². The minimum atomic E-state index is -0.895. The number of ether oxygens (including phenoxy) is 2. The summed E-state index contributed by atoms with van der Waals surface area (Å²) in [6, 6.07) is 12.5. The van der Waals surface area contributed by atoms with Crippen LogP contribution in [0.5, 0.6) is 11.5 Å². The monoisotopic (exact) mass is 412 g/mol. The van der Waals surface area contributed by atoms with Crippen LogP contribution >= 0.6 is 0 Å². The fraction of sp³-hybridized carbons (Fsp3) is 0.500. The normalized spacial score (nSPS) is 12.7. The third-order valence-electron chi connectivity index (χ3n) is 5.00. The van der Waals surface area contributed by atoms with E-state index in [0.717, 1.165) is 50.0 Å². The highest BCUT2D eigenvalue weighted by Crippen LogP contribution is 2.36. The molecule has 2 atom stereocenters. The predicted octanol–water partition coefficient (Wildman–Crippen LogP) is 7.14. The zero-order valence-electron chi connectivity index (χ0n) is 18.0. The third kappa shape index (κ3) is 7.25. The summed E-state index contributed by atoms with van der Waals surface area (Å²) in [7, 11) is 0. The number of nitrogens with zero attached hydrogens (tertiary/aromatic N) is 2. The standard InChI is InChI=1S/C24H32N2O4/c1-3-5-7-17-29-21-13-9-19(10-14-21)23(25-27)24(26-28)20-11-15-22(16-12-20)30-18-8-6-4-2/h9-16,23-24H,3-8,17-18H2,1-2H3. The Morgan fingerprint density at radius 3 is 1.30 bits per heavy atom. The van der Waals surface area contributed by atoms with Gasteiger partial charge < -0.3 is 9.47 Å². The minimum absolute atomic E-state index is 0.635. The molecular formula is C24H32N2O4. The maximum absolute atomic E-state index is 11.6. The Morgan fingerprint density at radius 1 is 0.633 bits per heavy atom. The molecule has 0 N–H and O–H groups in total. The van der Waals surface area contributed by atoms with Crippen molar-refractivity contribution in [1.29, 1.82) is 0 Å². The first kappa shape index (κ1) is 23.5. The van der Waals surface area contributed by atoms with Crippen LogP contribution in [0, 0.1) is 9.81 Å². The van der Waals surface area contributed by atoms with Gasteiger partial charge in [-0.2, -0.15) is 9.81 Å². The van der Waals surface area contributed by atoms with E-state index in [9.17, 15) is 9.81 Å². The van der Waals surface area contributed by atoms with Crippen LogP contribution in [0.4, 0.5) is 0 Å². The maximum atomic E-state index is 11.6. The summed E-state index contributed by atoms with van der Waals surface area (Å²) in [6.45, 7) is 5.61. The molecule has 0 amide bonds. The number of benzene rings is 2. The average Bonchev–Trinajstić information content (AvgIpc) is 2.79. The van der Waals surface area contributed by atoms with Crippen molar-refractivity contribution in [3.05, 3.63) is 69.5 Å². The first-order valence-corrected chi connectivity index (χ1v) is 10.8. The first-order chi connectivity index (χ1) is 14.7. The van der Waals surface area contributed by atoms with Gasteiger partial charge in [-0.15, -0.1) is 0 Å². The smallest absolute Gasteiger partial charge is 0.147 e. The molecule has 0 radical (unpaired) electrons. The SMILES string of the molecule is CCCCCOc1ccc(C(N=O)C(N=O)c2ccc(OCCCCC)cc2)cc1. The van der Waals surface area contributed by atoms with E-state index in [-0.39, 0.29) is 0 Å². The topological polar surface area (TPSA) is 77.3 Å². The molecule has 0 spiro atoms. The van der Waals surface area contributed by atoms with Crippen LogP contribution in [-0.2, 0) is 0 Å². The van der Waals surface area contributed by atoms with Gasteiger partial charge in [0.1, 0.15) is 23.6 Å². The van der Waals surface area contributed by atoms with Crippen molar-refractivity contribution in [3.63, 3.8) is 0 Å². The quantitative estimate of drug-likeness (QED) is 0.230. The van der Waals surface area contributed by atoms with E-state index < -0.39 is 12.1 Å². The predicted molar refractivity (Wildman–Crippen MR) is 120 cm³/mol. The van der Waals surface area contributed by atoms with Gasteiger partial charge in [-0.1, -0.05) is 74.1 Å². The largest absolute Gasteiger partial charge is 0.494 e. The van der Waals surface area contributed by atoms with Gasteiger partial charge >= 0.3 is 0 Å². The van der Waals surface area contributed by atoms with Crippen LogP contribution < -0.4 is 9.47 Å². The Morgan fingerprint density at radius 2 is 1.00 bits per heavy atom. The van der Waals surface area contributed by atoms with Gasteiger partial charge in [0.15, 0.2) is 0 Å². The fourth-order valence-corrected chi connectivity index (χ4v) is 3.21. The van der Waals surface area contributed by atoms with Crippen LogP contribution in [-0.4, -0.2) is 13.2 Å². The summed E-state index contributed by atoms with van der Waals surface area (Å²) in [5.41, 5.74) is 1.27. The van der Waals surface area contributed by atoms with Crippen molar-refractivity contribution in [3.8, 4) is 11.5 Å². The lowest BCUT2D eigenvalue weighted by Crippen LogP contribution is -2.07. The molecule has 0 fully saturated rings. The van der Waals surface area contributed by atoms with Gasteiger partial charge in [0.05, 0.1) is 13.2 Å². The molecule has 30 heavy (non-hydrogen) atoms. The van der Waals surface area contributed by atoms with Crippen molar-refractivity contribution in [2.24, 2.45) is 10.4 Å². The first-order valence-electron chi connectivity index (χ1n) is 10.8. The summed E-state index contributed by atoms with van der Waals surface area (Å²) in [5.74, 6) is 1.47. The summed E-state index contributed by atoms with van der Waals surface area (Å²) in [6.07, 6.45) is 6.55. The van der Waals surface area contributed by atoms with E-state index in [4.69, 9.17) is 9.47 Å². The zero-order chi connectivity index (χ0) is 21.6. The average molecular weight is 413 g/mol. The molecule has 6 heteroatoms. The van der Waals surface area contributed by atoms with Crippen LogP contribution in [0.2, 0.25) is 0 Å². The maximum Gasteiger partial charge on any atom is 0.147 e. The highest BCUT2D eigenvalue weighted by molar-refractivity contribution is 5.35. The lowest BCUT2D eigenvalue weighted by molar-refractivity contribution is 0.306. The van der Waals surface area contributed by atoms with Crippen molar-refractivity contribution in [2.45, 2.75) is 64.5 Å². The highest BCUT2D eigenvalue weighted by Gasteiger charge is 2.27. The van der Waals surface area contributed by atoms with E-state index >= 15 is 0 Å². The zero-order valence-corrected chi connectivity index (χ0v) is 18.0. The van der Waals surface area contributed by atoms with Crippen molar-refractivity contribution < 1.29 is 9.47 Å². The molecule has 0 bridgehead atoms. The number of rotatable bonds is 15. The van der Waals surface area contributed by atoms with Gasteiger partial charge in [-0.05, 0) is 48.2 Å². The van der Waals surface area contributed by atoms with Crippen molar-refractivity contribution in [2.75, 3.05) is 13.2 Å². The van der Waals surface area contributed by atoms with E-state index in [0.29, 0.717) is 24.3 Å². The Kier molecular flexibility index (Phi) is 10.6. The molecule has 0 aliphatic rings. The van der Waals surface area contributed by atoms with E-state index in [2.05, 4.69) is 24.2 Å². The van der Waals surface area contributed by atoms with Gasteiger partial charge in [0.2, 0.25) is 0 Å². The molecule has 0 saturated heterocycles. The fourth-order valence-electron chi connectivity index (χ4n) is 3.21. The number of nitroso groups, excluding NO2 is 2. The summed E-state index contributed by atoms with van der Waals surface area (Å²) in [5, 5.41) is 6.40. The van der Waals surface area contributed by atoms with Crippen LogP contribution in [0.1, 0.15) is 75.6 Å². The van der Waals surface area contributed by atoms with E-state index in [1.807, 2.05) is 0 Å². The Balaban J connectivity index is 2.02. The second-order valence-corrected chi connectivity index (χ2v) is 7.35. The highest BCUT2D eigenvalue weighted by atomic mass is 16.5. The second-order valence-electron chi connectivity index (χ2n) is 7.35.